The Hall–Kier alpha value is -3.68. The van der Waals surface area contributed by atoms with Crippen LogP contribution in [0.2, 0.25) is 0 Å². The Balaban J connectivity index is 1.53. The number of nitrogens with zero attached hydrogens (tertiary/aromatic N) is 1. The van der Waals surface area contributed by atoms with Crippen molar-refractivity contribution in [1.82, 2.24) is 20.3 Å². The number of nitrogens with one attached hydrogen (secondary N) is 4. The van der Waals surface area contributed by atoms with E-state index in [4.69, 9.17) is 4.74 Å². The highest BCUT2D eigenvalue weighted by Crippen LogP contribution is 2.45. The van der Waals surface area contributed by atoms with Crippen LogP contribution in [-0.4, -0.2) is 66.9 Å². The van der Waals surface area contributed by atoms with E-state index in [-0.39, 0.29) is 12.1 Å². The average molecular weight is 622 g/mol. The van der Waals surface area contributed by atoms with Crippen molar-refractivity contribution in [2.24, 2.45) is 5.92 Å². The Morgan fingerprint density at radius 2 is 1.79 bits per heavy atom. The van der Waals surface area contributed by atoms with Crippen molar-refractivity contribution in [1.29, 1.82) is 0 Å². The van der Waals surface area contributed by atoms with Gasteiger partial charge in [0.1, 0.15) is 29.0 Å². The molecule has 236 valence electrons. The molecule has 43 heavy (non-hydrogen) atoms. The van der Waals surface area contributed by atoms with E-state index in [9.17, 15) is 32.0 Å². The van der Waals surface area contributed by atoms with E-state index in [2.05, 4.69) is 15.4 Å². The number of alkyl carbamates (subject to hydrolysis) is 1. The minimum atomic E-state index is -4.41. The summed E-state index contributed by atoms with van der Waals surface area (Å²) in [7, 11) is -4.41. The maximum absolute atomic E-state index is 13.7. The number of carbonyl (C=O) groups excluding carboxylic acids is 4. The lowest BCUT2D eigenvalue weighted by Gasteiger charge is -2.30. The number of anilines is 1. The predicted molar refractivity (Wildman–Crippen MR) is 156 cm³/mol. The maximum atomic E-state index is 13.7. The Morgan fingerprint density at radius 1 is 1.07 bits per heavy atom. The summed E-state index contributed by atoms with van der Waals surface area (Å²) < 4.78 is 48.3. The molecule has 0 radical (unpaired) electrons. The minimum Gasteiger partial charge on any atom is -0.444 e. The first-order valence-corrected chi connectivity index (χ1v) is 16.1. The molecule has 2 aliphatic heterocycles. The lowest BCUT2D eigenvalue weighted by molar-refractivity contribution is -0.141. The molecule has 12 nitrogen and oxygen atoms in total. The molecule has 1 saturated heterocycles. The first-order chi connectivity index (χ1) is 20.2. The molecule has 4 amide bonds. The Kier molecular flexibility index (Phi) is 9.67. The normalized spacial score (nSPS) is 27.3. The summed E-state index contributed by atoms with van der Waals surface area (Å²) in [5.41, 5.74) is -2.24. The summed E-state index contributed by atoms with van der Waals surface area (Å²) in [5, 5.41) is 5.44. The van der Waals surface area contributed by atoms with Crippen LogP contribution in [0.3, 0.4) is 0 Å². The van der Waals surface area contributed by atoms with Crippen molar-refractivity contribution in [3.8, 4) is 0 Å². The van der Waals surface area contributed by atoms with Gasteiger partial charge in [0.05, 0.1) is 5.69 Å². The van der Waals surface area contributed by atoms with Crippen molar-refractivity contribution in [2.75, 3.05) is 11.3 Å². The molecule has 4 rings (SSSR count). The van der Waals surface area contributed by atoms with Crippen LogP contribution < -0.4 is 20.1 Å². The number of allylic oxidation sites excluding steroid dienone is 1. The second kappa shape index (κ2) is 12.9. The van der Waals surface area contributed by atoms with Crippen molar-refractivity contribution < 1.29 is 36.7 Å². The molecule has 4 atom stereocenters. The van der Waals surface area contributed by atoms with Crippen molar-refractivity contribution in [2.45, 2.75) is 95.4 Å². The number of fused-ring (bicyclic) bond motifs is 2. The van der Waals surface area contributed by atoms with Crippen LogP contribution in [0.4, 0.5) is 14.9 Å². The number of rotatable bonds is 5. The molecule has 4 N–H and O–H groups in total. The highest BCUT2D eigenvalue weighted by molar-refractivity contribution is 7.91. The summed E-state index contributed by atoms with van der Waals surface area (Å²) in [6.45, 7) is 5.46. The smallest absolute Gasteiger partial charge is 0.408 e. The standard InChI is InChI=1S/C29H40FN5O7S/c1-28(2,3)42-27(39)31-22-11-8-6-4-5-7-10-19-18-29(19,32-24(36)23-12-9-17-35(23)25(22)37)26(38)34-43(40,41)33-21-15-13-20(30)14-16-21/h7,10,13-16,19,22-23,33H,4-6,8-9,11-12,17-18H2,1-3H3,(H,31,39)(H,32,36)(H,34,38)/b10-7-. The molecule has 4 unspecified atom stereocenters. The summed E-state index contributed by atoms with van der Waals surface area (Å²) >= 11 is 0. The summed E-state index contributed by atoms with van der Waals surface area (Å²) in [6, 6.07) is 2.78. The molecule has 1 saturated carbocycles. The zero-order valence-electron chi connectivity index (χ0n) is 24.7. The SMILES string of the molecule is CC(C)(C)OC(=O)NC1CCCCC/C=C\C2CC2(C(=O)NS(=O)(=O)Nc2ccc(F)cc2)NC(=O)C2CCCN2C1=O. The van der Waals surface area contributed by atoms with Crippen molar-refractivity contribution in [3.63, 3.8) is 0 Å². The van der Waals surface area contributed by atoms with Gasteiger partial charge in [-0.3, -0.25) is 19.1 Å². The van der Waals surface area contributed by atoms with E-state index >= 15 is 0 Å². The van der Waals surface area contributed by atoms with E-state index in [0.29, 0.717) is 38.6 Å². The predicted octanol–water partition coefficient (Wildman–Crippen LogP) is 2.88. The molecule has 2 fully saturated rings. The van der Waals surface area contributed by atoms with Gasteiger partial charge >= 0.3 is 16.3 Å². The molecule has 3 aliphatic rings. The second-order valence-corrected chi connectivity index (χ2v) is 13.7. The fourth-order valence-corrected chi connectivity index (χ4v) is 6.38. The van der Waals surface area contributed by atoms with E-state index in [1.807, 2.05) is 16.9 Å². The monoisotopic (exact) mass is 621 g/mol. The maximum Gasteiger partial charge on any atom is 0.408 e. The van der Waals surface area contributed by atoms with Crippen LogP contribution in [0.15, 0.2) is 36.4 Å². The van der Waals surface area contributed by atoms with Crippen molar-refractivity contribution in [3.05, 3.63) is 42.2 Å². The lowest BCUT2D eigenvalue weighted by atomic mass is 10.0. The first-order valence-electron chi connectivity index (χ1n) is 14.6. The van der Waals surface area contributed by atoms with Crippen LogP contribution in [-0.2, 0) is 29.3 Å². The number of benzene rings is 1. The van der Waals surface area contributed by atoms with E-state index in [1.54, 1.807) is 20.8 Å². The molecular formula is C29H40FN5O7S. The van der Waals surface area contributed by atoms with E-state index in [0.717, 1.165) is 25.0 Å². The summed E-state index contributed by atoms with van der Waals surface area (Å²) in [6.07, 6.45) is 7.36. The lowest BCUT2D eigenvalue weighted by Crippen LogP contribution is -2.58. The van der Waals surface area contributed by atoms with Gasteiger partial charge in [0.2, 0.25) is 11.8 Å². The average Bonchev–Trinajstić information content (AvgIpc) is 3.36. The molecule has 1 aromatic rings. The Bertz CT molecular complexity index is 1360. The van der Waals surface area contributed by atoms with Crippen LogP contribution in [0.25, 0.3) is 0 Å². The molecule has 1 aromatic carbocycles. The zero-order valence-corrected chi connectivity index (χ0v) is 25.5. The van der Waals surface area contributed by atoms with Gasteiger partial charge < -0.3 is 20.3 Å². The third kappa shape index (κ3) is 8.46. The number of halogens is 1. The van der Waals surface area contributed by atoms with Crippen LogP contribution in [0.5, 0.6) is 0 Å². The number of carbonyl (C=O) groups is 4. The number of hydrogen-bond donors (Lipinski definition) is 4. The second-order valence-electron chi connectivity index (χ2n) is 12.3. The van der Waals surface area contributed by atoms with Crippen molar-refractivity contribution >= 4 is 39.7 Å². The van der Waals surface area contributed by atoms with Crippen LogP contribution >= 0.6 is 0 Å². The third-order valence-electron chi connectivity index (χ3n) is 7.65. The largest absolute Gasteiger partial charge is 0.444 e. The van der Waals surface area contributed by atoms with Gasteiger partial charge in [0, 0.05) is 12.5 Å². The minimum absolute atomic E-state index is 0.0483. The fraction of sp³-hybridized carbons (Fsp3) is 0.586. The quantitative estimate of drug-likeness (QED) is 0.368. The highest BCUT2D eigenvalue weighted by atomic mass is 32.2. The van der Waals surface area contributed by atoms with Gasteiger partial charge in [0.25, 0.3) is 5.91 Å². The van der Waals surface area contributed by atoms with Gasteiger partial charge in [-0.05, 0) is 83.6 Å². The van der Waals surface area contributed by atoms with Gasteiger partial charge in [0.15, 0.2) is 0 Å². The molecule has 2 heterocycles. The zero-order chi connectivity index (χ0) is 31.4. The molecule has 0 bridgehead atoms. The van der Waals surface area contributed by atoms with Gasteiger partial charge in [-0.2, -0.15) is 8.42 Å². The first kappa shape index (κ1) is 32.2. The van der Waals surface area contributed by atoms with Gasteiger partial charge in [-0.15, -0.1) is 0 Å². The number of ether oxygens (including phenoxy) is 1. The molecule has 0 spiro atoms. The fourth-order valence-electron chi connectivity index (χ4n) is 5.46. The Morgan fingerprint density at radius 3 is 2.49 bits per heavy atom. The van der Waals surface area contributed by atoms with Crippen LogP contribution in [0, 0.1) is 11.7 Å². The van der Waals surface area contributed by atoms with E-state index in [1.165, 1.54) is 17.0 Å². The number of hydrogen-bond acceptors (Lipinski definition) is 7. The summed E-state index contributed by atoms with van der Waals surface area (Å²) in [5.74, 6) is -2.91. The Labute approximate surface area is 251 Å². The topological polar surface area (TPSA) is 163 Å². The molecule has 1 aliphatic carbocycles. The highest BCUT2D eigenvalue weighted by Gasteiger charge is 2.61. The number of amides is 4. The van der Waals surface area contributed by atoms with Gasteiger partial charge in [-0.25, -0.2) is 13.9 Å². The summed E-state index contributed by atoms with van der Waals surface area (Å²) in [4.78, 5) is 54.7. The van der Waals surface area contributed by atoms with Crippen LogP contribution in [0.1, 0.15) is 72.1 Å². The molecule has 0 aromatic heterocycles. The third-order valence-corrected chi connectivity index (χ3v) is 8.61. The van der Waals surface area contributed by atoms with Gasteiger partial charge in [-0.1, -0.05) is 25.0 Å². The molecule has 14 heteroatoms. The van der Waals surface area contributed by atoms with E-state index < -0.39 is 69.0 Å². The molecular weight excluding hydrogens is 581 g/mol.